The summed E-state index contributed by atoms with van der Waals surface area (Å²) in [5.74, 6) is -1.54. The Kier molecular flexibility index (Phi) is 4.17. The van der Waals surface area contributed by atoms with Crippen LogP contribution in [0.2, 0.25) is 0 Å². The maximum absolute atomic E-state index is 12.6. The summed E-state index contributed by atoms with van der Waals surface area (Å²) in [6, 6.07) is 9.57. The van der Waals surface area contributed by atoms with Crippen molar-refractivity contribution >= 4 is 45.6 Å². The SMILES string of the molecule is O=C(Nc1ccc([N+](=O)[O-])cc1)c1ccc2c(c1)C(=O)N(c1nccs1)C2=O. The van der Waals surface area contributed by atoms with Gasteiger partial charge in [0.2, 0.25) is 0 Å². The molecule has 1 aromatic heterocycles. The number of rotatable bonds is 4. The average Bonchev–Trinajstić information content (AvgIpc) is 3.29. The van der Waals surface area contributed by atoms with E-state index in [4.69, 9.17) is 0 Å². The molecule has 1 aliphatic heterocycles. The summed E-state index contributed by atoms with van der Waals surface area (Å²) in [6.07, 6.45) is 1.49. The second-order valence-corrected chi connectivity index (χ2v) is 6.65. The molecule has 0 atom stereocenters. The topological polar surface area (TPSA) is 123 Å². The van der Waals surface area contributed by atoms with Gasteiger partial charge in [0.15, 0.2) is 5.13 Å². The van der Waals surface area contributed by atoms with Gasteiger partial charge >= 0.3 is 0 Å². The average molecular weight is 394 g/mol. The van der Waals surface area contributed by atoms with E-state index in [1.54, 1.807) is 5.38 Å². The van der Waals surface area contributed by atoms with Gasteiger partial charge in [-0.15, -0.1) is 11.3 Å². The molecule has 3 aromatic rings. The van der Waals surface area contributed by atoms with E-state index >= 15 is 0 Å². The summed E-state index contributed by atoms with van der Waals surface area (Å²) >= 11 is 1.16. The van der Waals surface area contributed by atoms with Gasteiger partial charge in [0.05, 0.1) is 16.1 Å². The van der Waals surface area contributed by atoms with Crippen molar-refractivity contribution in [1.29, 1.82) is 0 Å². The second kappa shape index (κ2) is 6.67. The third-order valence-corrected chi connectivity index (χ3v) is 4.85. The Hall–Kier alpha value is -3.92. The molecule has 1 aliphatic rings. The van der Waals surface area contributed by atoms with E-state index in [1.807, 2.05) is 0 Å². The van der Waals surface area contributed by atoms with Crippen molar-refractivity contribution in [3.8, 4) is 0 Å². The Morgan fingerprint density at radius 1 is 1.07 bits per heavy atom. The van der Waals surface area contributed by atoms with Crippen molar-refractivity contribution in [3.63, 3.8) is 0 Å². The molecule has 9 nitrogen and oxygen atoms in total. The molecular formula is C18H10N4O5S. The van der Waals surface area contributed by atoms with Gasteiger partial charge in [-0.3, -0.25) is 24.5 Å². The standard InChI is InChI=1S/C18H10N4O5S/c23-15(20-11-2-4-12(5-3-11)22(26)27)10-1-6-13-14(9-10)17(25)21(16(13)24)18-19-7-8-28-18/h1-9H,(H,20,23). The number of fused-ring (bicyclic) bond motifs is 1. The lowest BCUT2D eigenvalue weighted by Crippen LogP contribution is -2.29. The molecule has 10 heteroatoms. The number of anilines is 2. The van der Waals surface area contributed by atoms with Crippen LogP contribution in [-0.2, 0) is 0 Å². The minimum absolute atomic E-state index is 0.0954. The number of thiazole rings is 1. The normalized spacial score (nSPS) is 12.8. The van der Waals surface area contributed by atoms with E-state index in [0.29, 0.717) is 5.69 Å². The molecule has 0 bridgehead atoms. The zero-order valence-electron chi connectivity index (χ0n) is 14.0. The summed E-state index contributed by atoms with van der Waals surface area (Å²) in [4.78, 5) is 52.7. The zero-order valence-corrected chi connectivity index (χ0v) is 14.8. The molecule has 0 aliphatic carbocycles. The highest BCUT2D eigenvalue weighted by atomic mass is 32.1. The fraction of sp³-hybridized carbons (Fsp3) is 0. The van der Waals surface area contributed by atoms with Gasteiger partial charge in [-0.2, -0.15) is 0 Å². The van der Waals surface area contributed by atoms with Gasteiger partial charge < -0.3 is 5.32 Å². The number of aromatic nitrogens is 1. The summed E-state index contributed by atoms with van der Waals surface area (Å²) < 4.78 is 0. The van der Waals surface area contributed by atoms with E-state index in [-0.39, 0.29) is 27.5 Å². The maximum Gasteiger partial charge on any atom is 0.269 e. The molecule has 4 rings (SSSR count). The van der Waals surface area contributed by atoms with Crippen molar-refractivity contribution < 1.29 is 19.3 Å². The van der Waals surface area contributed by atoms with Crippen LogP contribution in [0.25, 0.3) is 0 Å². The van der Waals surface area contributed by atoms with Crippen LogP contribution in [0.5, 0.6) is 0 Å². The molecule has 138 valence electrons. The predicted molar refractivity (Wildman–Crippen MR) is 101 cm³/mol. The molecule has 0 saturated carbocycles. The number of carbonyl (C=O) groups is 3. The smallest absolute Gasteiger partial charge is 0.269 e. The van der Waals surface area contributed by atoms with E-state index in [9.17, 15) is 24.5 Å². The highest BCUT2D eigenvalue weighted by molar-refractivity contribution is 7.14. The second-order valence-electron chi connectivity index (χ2n) is 5.78. The largest absolute Gasteiger partial charge is 0.322 e. The van der Waals surface area contributed by atoms with Gasteiger partial charge in [0.25, 0.3) is 23.4 Å². The fourth-order valence-corrected chi connectivity index (χ4v) is 3.39. The van der Waals surface area contributed by atoms with Crippen molar-refractivity contribution in [1.82, 2.24) is 4.98 Å². The third kappa shape index (κ3) is 2.91. The summed E-state index contributed by atoms with van der Waals surface area (Å²) in [5, 5.41) is 15.2. The summed E-state index contributed by atoms with van der Waals surface area (Å²) in [5.41, 5.74) is 0.771. The van der Waals surface area contributed by atoms with E-state index in [1.165, 1.54) is 48.7 Å². The van der Waals surface area contributed by atoms with Gasteiger partial charge in [-0.1, -0.05) is 0 Å². The lowest BCUT2D eigenvalue weighted by atomic mass is 10.1. The minimum Gasteiger partial charge on any atom is -0.322 e. The Labute approximate surface area is 161 Å². The first-order valence-electron chi connectivity index (χ1n) is 7.94. The van der Waals surface area contributed by atoms with Crippen LogP contribution in [0.15, 0.2) is 54.0 Å². The highest BCUT2D eigenvalue weighted by Gasteiger charge is 2.38. The number of nitro groups is 1. The van der Waals surface area contributed by atoms with Crippen molar-refractivity contribution in [3.05, 3.63) is 80.8 Å². The summed E-state index contributed by atoms with van der Waals surface area (Å²) in [6.45, 7) is 0. The zero-order chi connectivity index (χ0) is 19.8. The number of non-ortho nitro benzene ring substituents is 1. The molecule has 0 saturated heterocycles. The van der Waals surface area contributed by atoms with Crippen LogP contribution < -0.4 is 10.2 Å². The molecule has 0 fully saturated rings. The first kappa shape index (κ1) is 17.5. The highest BCUT2D eigenvalue weighted by Crippen LogP contribution is 2.30. The molecule has 3 amide bonds. The molecule has 1 N–H and O–H groups in total. The van der Waals surface area contributed by atoms with Crippen LogP contribution in [0.3, 0.4) is 0 Å². The van der Waals surface area contributed by atoms with E-state index in [2.05, 4.69) is 10.3 Å². The van der Waals surface area contributed by atoms with Gasteiger partial charge in [0.1, 0.15) is 0 Å². The minimum atomic E-state index is -0.542. The van der Waals surface area contributed by atoms with Gasteiger partial charge in [-0.05, 0) is 30.3 Å². The number of nitro benzene ring substituents is 1. The molecule has 0 spiro atoms. The molecule has 0 radical (unpaired) electrons. The van der Waals surface area contributed by atoms with Crippen LogP contribution in [0, 0.1) is 10.1 Å². The number of benzene rings is 2. The van der Waals surface area contributed by atoms with Crippen LogP contribution >= 0.6 is 11.3 Å². The van der Waals surface area contributed by atoms with E-state index < -0.39 is 22.6 Å². The predicted octanol–water partition coefficient (Wildman–Crippen LogP) is 3.10. The molecule has 28 heavy (non-hydrogen) atoms. The van der Waals surface area contributed by atoms with Crippen molar-refractivity contribution in [2.45, 2.75) is 0 Å². The lowest BCUT2D eigenvalue weighted by molar-refractivity contribution is -0.384. The summed E-state index contributed by atoms with van der Waals surface area (Å²) in [7, 11) is 0. The van der Waals surface area contributed by atoms with E-state index in [0.717, 1.165) is 16.2 Å². The number of hydrogen-bond donors (Lipinski definition) is 1. The van der Waals surface area contributed by atoms with Gasteiger partial charge in [0, 0.05) is 35.0 Å². The molecule has 2 aromatic carbocycles. The maximum atomic E-state index is 12.6. The molecule has 2 heterocycles. The van der Waals surface area contributed by atoms with Crippen molar-refractivity contribution in [2.75, 3.05) is 10.2 Å². The number of hydrogen-bond acceptors (Lipinski definition) is 7. The number of imide groups is 1. The first-order chi connectivity index (χ1) is 13.5. The first-order valence-corrected chi connectivity index (χ1v) is 8.82. The van der Waals surface area contributed by atoms with Crippen LogP contribution in [0.4, 0.5) is 16.5 Å². The molecular weight excluding hydrogens is 384 g/mol. The number of carbonyl (C=O) groups excluding carboxylic acids is 3. The monoisotopic (exact) mass is 394 g/mol. The third-order valence-electron chi connectivity index (χ3n) is 4.10. The quantitative estimate of drug-likeness (QED) is 0.412. The van der Waals surface area contributed by atoms with Crippen LogP contribution in [0.1, 0.15) is 31.1 Å². The van der Waals surface area contributed by atoms with Crippen molar-refractivity contribution in [2.24, 2.45) is 0 Å². The van der Waals surface area contributed by atoms with Gasteiger partial charge in [-0.25, -0.2) is 9.88 Å². The number of amides is 3. The van der Waals surface area contributed by atoms with Crippen LogP contribution in [-0.4, -0.2) is 27.6 Å². The number of nitrogens with one attached hydrogen (secondary N) is 1. The number of nitrogens with zero attached hydrogens (tertiary/aromatic N) is 3. The fourth-order valence-electron chi connectivity index (χ4n) is 2.75. The molecule has 0 unspecified atom stereocenters. The lowest BCUT2D eigenvalue weighted by Gasteiger charge is -2.08. The Morgan fingerprint density at radius 3 is 2.43 bits per heavy atom. The Balaban J connectivity index is 1.58. The Morgan fingerprint density at radius 2 is 1.79 bits per heavy atom. The Bertz CT molecular complexity index is 1130.